The molecule has 1 unspecified atom stereocenters. The van der Waals surface area contributed by atoms with Crippen LogP contribution in [-0.4, -0.2) is 46.6 Å². The zero-order valence-corrected chi connectivity index (χ0v) is 18.1. The van der Waals surface area contributed by atoms with Crippen LogP contribution in [0.3, 0.4) is 0 Å². The topological polar surface area (TPSA) is 81.1 Å². The van der Waals surface area contributed by atoms with E-state index in [1.807, 2.05) is 0 Å². The van der Waals surface area contributed by atoms with Crippen molar-refractivity contribution >= 4 is 33.3 Å². The van der Waals surface area contributed by atoms with Crippen molar-refractivity contribution in [3.8, 4) is 0 Å². The molecular weight excluding hydrogens is 394 g/mol. The molecule has 1 saturated heterocycles. The van der Waals surface area contributed by atoms with E-state index in [9.17, 15) is 13.2 Å². The predicted octanol–water partition coefficient (Wildman–Crippen LogP) is 3.09. The van der Waals surface area contributed by atoms with Gasteiger partial charge in [-0.3, -0.25) is 4.79 Å². The maximum atomic E-state index is 12.3. The van der Waals surface area contributed by atoms with E-state index in [0.717, 1.165) is 5.56 Å². The molecule has 152 valence electrons. The number of aromatic nitrogens is 2. The molecule has 0 radical (unpaired) electrons. The maximum Gasteiger partial charge on any atom is 0.235 e. The van der Waals surface area contributed by atoms with Gasteiger partial charge in [0.15, 0.2) is 9.84 Å². The number of benzene rings is 1. The maximum absolute atomic E-state index is 12.3. The average molecular weight is 422 g/mol. The molecule has 0 spiro atoms. The number of carbonyl (C=O) groups excluding carboxylic acids is 1. The Balaban J connectivity index is 1.55. The summed E-state index contributed by atoms with van der Waals surface area (Å²) in [7, 11) is -2.91. The van der Waals surface area contributed by atoms with Crippen LogP contribution < -0.4 is 5.32 Å². The van der Waals surface area contributed by atoms with Crippen molar-refractivity contribution in [3.63, 3.8) is 0 Å². The number of thioether (sulfide) groups is 1. The molecule has 1 amide bonds. The number of sulfone groups is 1. The first-order valence-electron chi connectivity index (χ1n) is 9.35. The van der Waals surface area contributed by atoms with E-state index >= 15 is 0 Å². The Labute approximate surface area is 171 Å². The number of nitrogens with zero attached hydrogens (tertiary/aromatic N) is 2. The third kappa shape index (κ3) is 5.61. The molecule has 8 heteroatoms. The molecule has 1 aromatic carbocycles. The molecule has 6 nitrogen and oxygen atoms in total. The van der Waals surface area contributed by atoms with Gasteiger partial charge in [-0.1, -0.05) is 45.0 Å². The van der Waals surface area contributed by atoms with E-state index in [1.54, 1.807) is 16.9 Å². The molecule has 1 aromatic heterocycles. The van der Waals surface area contributed by atoms with Crippen molar-refractivity contribution in [2.45, 2.75) is 44.4 Å². The largest absolute Gasteiger partial charge is 0.310 e. The van der Waals surface area contributed by atoms with E-state index < -0.39 is 9.84 Å². The van der Waals surface area contributed by atoms with Crippen LogP contribution in [0.5, 0.6) is 0 Å². The molecule has 1 atom stereocenters. The molecule has 2 aromatic rings. The number of hydrogen-bond acceptors (Lipinski definition) is 5. The van der Waals surface area contributed by atoms with Crippen LogP contribution in [0.25, 0.3) is 0 Å². The van der Waals surface area contributed by atoms with Crippen molar-refractivity contribution in [2.24, 2.45) is 0 Å². The fraction of sp³-hybridized carbons (Fsp3) is 0.500. The Morgan fingerprint density at radius 1 is 1.25 bits per heavy atom. The smallest absolute Gasteiger partial charge is 0.235 e. The molecule has 0 saturated carbocycles. The minimum atomic E-state index is -2.91. The molecule has 1 fully saturated rings. The number of nitrogens with one attached hydrogen (secondary N) is 1. The number of hydrogen-bond donors (Lipinski definition) is 1. The molecule has 3 rings (SSSR count). The number of rotatable bonds is 6. The Bertz CT molecular complexity index is 928. The summed E-state index contributed by atoms with van der Waals surface area (Å²) in [5.41, 5.74) is 2.49. The normalized spacial score (nSPS) is 18.9. The lowest BCUT2D eigenvalue weighted by Gasteiger charge is -2.19. The lowest BCUT2D eigenvalue weighted by atomic mass is 9.87. The van der Waals surface area contributed by atoms with Crippen molar-refractivity contribution < 1.29 is 13.2 Å². The summed E-state index contributed by atoms with van der Waals surface area (Å²) in [6.45, 7) is 7.12. The van der Waals surface area contributed by atoms with Crippen LogP contribution in [0.1, 0.15) is 38.3 Å². The third-order valence-electron chi connectivity index (χ3n) is 4.78. The minimum absolute atomic E-state index is 0.0157. The van der Waals surface area contributed by atoms with Crippen LogP contribution >= 0.6 is 11.8 Å². The third-order valence-corrected chi connectivity index (χ3v) is 8.06. The second kappa shape index (κ2) is 8.29. The Hall–Kier alpha value is -1.80. The van der Waals surface area contributed by atoms with Crippen LogP contribution in [0.2, 0.25) is 0 Å². The molecule has 0 aliphatic carbocycles. The van der Waals surface area contributed by atoms with Crippen LogP contribution in [-0.2, 0) is 26.6 Å². The summed E-state index contributed by atoms with van der Waals surface area (Å²) < 4.78 is 24.8. The number of amides is 1. The quantitative estimate of drug-likeness (QED) is 0.775. The first-order valence-corrected chi connectivity index (χ1v) is 12.2. The second-order valence-electron chi connectivity index (χ2n) is 8.21. The molecule has 1 aliphatic heterocycles. The fourth-order valence-electron chi connectivity index (χ4n) is 3.11. The summed E-state index contributed by atoms with van der Waals surface area (Å²) in [6, 6.07) is 10.2. The Kier molecular flexibility index (Phi) is 6.19. The molecule has 0 bridgehead atoms. The van der Waals surface area contributed by atoms with E-state index in [4.69, 9.17) is 0 Å². The van der Waals surface area contributed by atoms with Crippen LogP contribution in [0, 0.1) is 0 Å². The van der Waals surface area contributed by atoms with Gasteiger partial charge in [-0.15, -0.1) is 11.8 Å². The van der Waals surface area contributed by atoms with Crippen molar-refractivity contribution in [1.29, 1.82) is 0 Å². The van der Waals surface area contributed by atoms with E-state index in [-0.39, 0.29) is 33.8 Å². The first kappa shape index (κ1) is 20.9. The number of carbonyl (C=O) groups is 1. The minimum Gasteiger partial charge on any atom is -0.310 e. The van der Waals surface area contributed by atoms with Crippen molar-refractivity contribution in [1.82, 2.24) is 9.78 Å². The monoisotopic (exact) mass is 421 g/mol. The average Bonchev–Trinajstić information content (AvgIpc) is 3.18. The van der Waals surface area contributed by atoms with Crippen LogP contribution in [0.15, 0.2) is 36.5 Å². The lowest BCUT2D eigenvalue weighted by molar-refractivity contribution is -0.113. The van der Waals surface area contributed by atoms with Crippen molar-refractivity contribution in [3.05, 3.63) is 47.7 Å². The van der Waals surface area contributed by atoms with Gasteiger partial charge in [0.05, 0.1) is 30.0 Å². The van der Waals surface area contributed by atoms with Gasteiger partial charge in [0.1, 0.15) is 5.82 Å². The summed E-state index contributed by atoms with van der Waals surface area (Å²) >= 11 is 1.41. The zero-order valence-electron chi connectivity index (χ0n) is 16.5. The van der Waals surface area contributed by atoms with E-state index in [0.29, 0.717) is 18.8 Å². The predicted molar refractivity (Wildman–Crippen MR) is 115 cm³/mol. The fourth-order valence-corrected chi connectivity index (χ4v) is 6.56. The van der Waals surface area contributed by atoms with Gasteiger partial charge in [-0.2, -0.15) is 5.10 Å². The lowest BCUT2D eigenvalue weighted by Crippen LogP contribution is -2.19. The Morgan fingerprint density at radius 3 is 2.57 bits per heavy atom. The molecule has 2 heterocycles. The Morgan fingerprint density at radius 2 is 1.96 bits per heavy atom. The zero-order chi connectivity index (χ0) is 20.4. The molecule has 28 heavy (non-hydrogen) atoms. The first-order chi connectivity index (χ1) is 13.1. The van der Waals surface area contributed by atoms with Gasteiger partial charge in [0.2, 0.25) is 5.91 Å². The summed E-state index contributed by atoms with van der Waals surface area (Å²) in [5.74, 6) is 1.15. The highest BCUT2D eigenvalue weighted by molar-refractivity contribution is 8.02. The van der Waals surface area contributed by atoms with Gasteiger partial charge >= 0.3 is 0 Å². The highest BCUT2D eigenvalue weighted by Crippen LogP contribution is 2.25. The van der Waals surface area contributed by atoms with Gasteiger partial charge in [-0.25, -0.2) is 13.1 Å². The van der Waals surface area contributed by atoms with E-state index in [2.05, 4.69) is 55.5 Å². The molecule has 1 aliphatic rings. The summed E-state index contributed by atoms with van der Waals surface area (Å²) in [4.78, 5) is 12.3. The molecular formula is C20H27N3O3S2. The van der Waals surface area contributed by atoms with Crippen molar-refractivity contribution in [2.75, 3.05) is 22.6 Å². The SMILES string of the molecule is CC(C)(C)c1ccc(Cn2nccc2NC(=O)CSC2CCS(=O)(=O)C2)cc1. The summed E-state index contributed by atoms with van der Waals surface area (Å²) in [6.07, 6.45) is 2.29. The highest BCUT2D eigenvalue weighted by atomic mass is 32.2. The summed E-state index contributed by atoms with van der Waals surface area (Å²) in [5, 5.41) is 7.21. The highest BCUT2D eigenvalue weighted by Gasteiger charge is 2.28. The van der Waals surface area contributed by atoms with E-state index in [1.165, 1.54) is 17.3 Å². The van der Waals surface area contributed by atoms with Gasteiger partial charge in [0, 0.05) is 11.3 Å². The standard InChI is InChI=1S/C20H27N3O3S2/c1-20(2,3)16-6-4-15(5-7-16)12-23-18(8-10-21-23)22-19(24)13-27-17-9-11-28(25,26)14-17/h4-8,10,17H,9,11-14H2,1-3H3,(H,22,24). The van der Waals surface area contributed by atoms with Gasteiger partial charge in [-0.05, 0) is 23.0 Å². The molecule has 1 N–H and O–H groups in total. The van der Waals surface area contributed by atoms with Crippen LogP contribution in [0.4, 0.5) is 5.82 Å². The van der Waals surface area contributed by atoms with Gasteiger partial charge < -0.3 is 5.32 Å². The number of anilines is 1. The van der Waals surface area contributed by atoms with Gasteiger partial charge in [0.25, 0.3) is 0 Å². The second-order valence-corrected chi connectivity index (χ2v) is 11.7.